The lowest BCUT2D eigenvalue weighted by Crippen LogP contribution is -2.27. The van der Waals surface area contributed by atoms with Crippen LogP contribution in [0.2, 0.25) is 5.02 Å². The van der Waals surface area contributed by atoms with Crippen molar-refractivity contribution in [3.8, 4) is 0 Å². The van der Waals surface area contributed by atoms with E-state index in [1.165, 1.54) is 12.1 Å². The van der Waals surface area contributed by atoms with Crippen LogP contribution < -0.4 is 10.2 Å². The summed E-state index contributed by atoms with van der Waals surface area (Å²) >= 11 is 5.91. The fourth-order valence-electron chi connectivity index (χ4n) is 2.41. The zero-order valence-corrected chi connectivity index (χ0v) is 11.1. The molecular weight excluding hydrogens is 263 g/mol. The molecule has 0 radical (unpaired) electrons. The van der Waals surface area contributed by atoms with Crippen molar-refractivity contribution >= 4 is 17.3 Å². The molecule has 0 aliphatic carbocycles. The minimum atomic E-state index is -0.209. The minimum absolute atomic E-state index is 0.0850. The maximum atomic E-state index is 13.0. The van der Waals surface area contributed by atoms with Gasteiger partial charge in [0, 0.05) is 23.8 Å². The van der Waals surface area contributed by atoms with Gasteiger partial charge in [-0.05, 0) is 42.0 Å². The van der Waals surface area contributed by atoms with Crippen molar-refractivity contribution in [1.29, 1.82) is 0 Å². The molecular formula is C15H14ClFN2. The van der Waals surface area contributed by atoms with Crippen LogP contribution in [0.5, 0.6) is 0 Å². The largest absolute Gasteiger partial charge is 0.351 e. The fraction of sp³-hybridized carbons (Fsp3) is 0.200. The fourth-order valence-corrected chi connectivity index (χ4v) is 2.54. The molecule has 0 spiro atoms. The number of nitrogens with one attached hydrogen (secondary N) is 1. The predicted molar refractivity (Wildman–Crippen MR) is 75.9 cm³/mol. The van der Waals surface area contributed by atoms with Crippen molar-refractivity contribution in [2.24, 2.45) is 0 Å². The van der Waals surface area contributed by atoms with Crippen LogP contribution in [0.25, 0.3) is 0 Å². The number of rotatable bonds is 2. The van der Waals surface area contributed by atoms with Crippen LogP contribution >= 0.6 is 11.6 Å². The van der Waals surface area contributed by atoms with E-state index in [2.05, 4.69) is 10.2 Å². The van der Waals surface area contributed by atoms with Crippen molar-refractivity contribution in [3.63, 3.8) is 0 Å². The molecule has 0 saturated carbocycles. The van der Waals surface area contributed by atoms with Crippen LogP contribution in [0.1, 0.15) is 11.7 Å². The molecule has 1 heterocycles. The predicted octanol–water partition coefficient (Wildman–Crippen LogP) is 3.59. The van der Waals surface area contributed by atoms with E-state index < -0.39 is 0 Å². The zero-order valence-electron chi connectivity index (χ0n) is 10.3. The van der Waals surface area contributed by atoms with Crippen molar-refractivity contribution < 1.29 is 4.39 Å². The molecule has 0 amide bonds. The Labute approximate surface area is 116 Å². The third-order valence-corrected chi connectivity index (χ3v) is 3.60. The van der Waals surface area contributed by atoms with E-state index in [1.807, 2.05) is 36.4 Å². The maximum Gasteiger partial charge on any atom is 0.123 e. The quantitative estimate of drug-likeness (QED) is 0.902. The van der Waals surface area contributed by atoms with E-state index in [-0.39, 0.29) is 12.0 Å². The van der Waals surface area contributed by atoms with Gasteiger partial charge in [-0.15, -0.1) is 0 Å². The molecule has 98 valence electrons. The molecule has 0 aromatic heterocycles. The Hall–Kier alpha value is -1.58. The standard InChI is InChI=1S/C15H14ClFN2/c16-12-3-7-14(8-4-12)19-10-9-18-15(19)11-1-5-13(17)6-2-11/h1-8,15,18H,9-10H2. The van der Waals surface area contributed by atoms with Gasteiger partial charge in [-0.25, -0.2) is 4.39 Å². The summed E-state index contributed by atoms with van der Waals surface area (Å²) in [5, 5.41) is 4.16. The smallest absolute Gasteiger partial charge is 0.123 e. The Bertz CT molecular complexity index is 502. The third-order valence-electron chi connectivity index (χ3n) is 3.35. The summed E-state index contributed by atoms with van der Waals surface area (Å²) in [4.78, 5) is 2.25. The summed E-state index contributed by atoms with van der Waals surface area (Å²) in [7, 11) is 0. The average Bonchev–Trinajstić information content (AvgIpc) is 2.90. The monoisotopic (exact) mass is 276 g/mol. The molecule has 1 aliphatic heterocycles. The molecule has 2 nitrogen and oxygen atoms in total. The number of benzene rings is 2. The Morgan fingerprint density at radius 3 is 2.42 bits per heavy atom. The van der Waals surface area contributed by atoms with E-state index in [4.69, 9.17) is 11.6 Å². The normalized spacial score (nSPS) is 18.8. The zero-order chi connectivity index (χ0) is 13.2. The molecule has 4 heteroatoms. The van der Waals surface area contributed by atoms with Gasteiger partial charge in [0.05, 0.1) is 0 Å². The van der Waals surface area contributed by atoms with E-state index in [0.29, 0.717) is 0 Å². The summed E-state index contributed by atoms with van der Waals surface area (Å²) < 4.78 is 13.0. The van der Waals surface area contributed by atoms with Gasteiger partial charge in [-0.2, -0.15) is 0 Å². The van der Waals surface area contributed by atoms with Crippen molar-refractivity contribution in [2.75, 3.05) is 18.0 Å². The van der Waals surface area contributed by atoms with Crippen LogP contribution in [-0.4, -0.2) is 13.1 Å². The topological polar surface area (TPSA) is 15.3 Å². The molecule has 1 fully saturated rings. The molecule has 1 N–H and O–H groups in total. The highest BCUT2D eigenvalue weighted by Crippen LogP contribution is 2.29. The van der Waals surface area contributed by atoms with Gasteiger partial charge < -0.3 is 4.90 Å². The number of anilines is 1. The Kier molecular flexibility index (Phi) is 3.40. The second kappa shape index (κ2) is 5.19. The van der Waals surface area contributed by atoms with Crippen LogP contribution in [0.4, 0.5) is 10.1 Å². The van der Waals surface area contributed by atoms with Gasteiger partial charge in [0.15, 0.2) is 0 Å². The van der Waals surface area contributed by atoms with Crippen molar-refractivity contribution in [3.05, 3.63) is 64.9 Å². The van der Waals surface area contributed by atoms with Gasteiger partial charge in [-0.3, -0.25) is 5.32 Å². The van der Waals surface area contributed by atoms with Gasteiger partial charge in [0.25, 0.3) is 0 Å². The summed E-state index contributed by atoms with van der Waals surface area (Å²) in [6.45, 7) is 1.83. The lowest BCUT2D eigenvalue weighted by atomic mass is 10.1. The van der Waals surface area contributed by atoms with Crippen molar-refractivity contribution in [2.45, 2.75) is 6.17 Å². The molecule has 3 rings (SSSR count). The van der Waals surface area contributed by atoms with Crippen LogP contribution in [-0.2, 0) is 0 Å². The molecule has 1 unspecified atom stereocenters. The maximum absolute atomic E-state index is 13.0. The second-order valence-corrected chi connectivity index (χ2v) is 5.01. The number of hydrogen-bond donors (Lipinski definition) is 1. The number of nitrogens with zero attached hydrogens (tertiary/aromatic N) is 1. The van der Waals surface area contributed by atoms with Gasteiger partial charge in [0.1, 0.15) is 12.0 Å². The van der Waals surface area contributed by atoms with Crippen LogP contribution in [0.3, 0.4) is 0 Å². The van der Waals surface area contributed by atoms with E-state index in [9.17, 15) is 4.39 Å². The first-order chi connectivity index (χ1) is 9.24. The molecule has 2 aromatic carbocycles. The first-order valence-corrected chi connectivity index (χ1v) is 6.63. The first-order valence-electron chi connectivity index (χ1n) is 6.25. The van der Waals surface area contributed by atoms with E-state index in [0.717, 1.165) is 29.4 Å². The minimum Gasteiger partial charge on any atom is -0.351 e. The molecule has 1 saturated heterocycles. The average molecular weight is 277 g/mol. The highest BCUT2D eigenvalue weighted by molar-refractivity contribution is 6.30. The van der Waals surface area contributed by atoms with Crippen LogP contribution in [0.15, 0.2) is 48.5 Å². The second-order valence-electron chi connectivity index (χ2n) is 4.58. The van der Waals surface area contributed by atoms with Crippen molar-refractivity contribution in [1.82, 2.24) is 5.32 Å². The lowest BCUT2D eigenvalue weighted by molar-refractivity contribution is 0.617. The molecule has 0 bridgehead atoms. The first kappa shape index (κ1) is 12.5. The number of halogens is 2. The molecule has 19 heavy (non-hydrogen) atoms. The molecule has 2 aromatic rings. The highest BCUT2D eigenvalue weighted by atomic mass is 35.5. The Morgan fingerprint density at radius 2 is 1.74 bits per heavy atom. The van der Waals surface area contributed by atoms with E-state index in [1.54, 1.807) is 0 Å². The summed E-state index contributed by atoms with van der Waals surface area (Å²) in [5.41, 5.74) is 2.18. The summed E-state index contributed by atoms with van der Waals surface area (Å²) in [6, 6.07) is 14.4. The Morgan fingerprint density at radius 1 is 1.05 bits per heavy atom. The van der Waals surface area contributed by atoms with E-state index >= 15 is 0 Å². The van der Waals surface area contributed by atoms with Crippen LogP contribution in [0, 0.1) is 5.82 Å². The van der Waals surface area contributed by atoms with Gasteiger partial charge in [0.2, 0.25) is 0 Å². The third kappa shape index (κ3) is 2.57. The summed E-state index contributed by atoms with van der Waals surface area (Å²) in [5.74, 6) is -0.209. The highest BCUT2D eigenvalue weighted by Gasteiger charge is 2.25. The van der Waals surface area contributed by atoms with Gasteiger partial charge >= 0.3 is 0 Å². The Balaban J connectivity index is 1.89. The molecule has 1 aliphatic rings. The molecule has 1 atom stereocenters. The lowest BCUT2D eigenvalue weighted by Gasteiger charge is -2.26. The SMILES string of the molecule is Fc1ccc(C2NCCN2c2ccc(Cl)cc2)cc1. The number of hydrogen-bond acceptors (Lipinski definition) is 2. The summed E-state index contributed by atoms with van der Waals surface area (Å²) in [6.07, 6.45) is 0.0850. The van der Waals surface area contributed by atoms with Gasteiger partial charge in [-0.1, -0.05) is 23.7 Å².